The van der Waals surface area contributed by atoms with Gasteiger partial charge in [-0.25, -0.2) is 4.79 Å². The number of benzene rings is 3. The number of para-hydroxylation sites is 2. The van der Waals surface area contributed by atoms with Crippen molar-refractivity contribution in [1.29, 1.82) is 0 Å². The van der Waals surface area contributed by atoms with Crippen molar-refractivity contribution >= 4 is 11.7 Å². The Balaban J connectivity index is 1.63. The molecule has 31 heavy (non-hydrogen) atoms. The number of hydrogen-bond acceptors (Lipinski definition) is 1. The van der Waals surface area contributed by atoms with Crippen molar-refractivity contribution in [2.24, 2.45) is 0 Å². The SMILES string of the molecule is CCc1ccc([C@H]2c3cccn3-c3ccccc3CN2C(=O)Nc2ccccc2)cc1. The summed E-state index contributed by atoms with van der Waals surface area (Å²) >= 11 is 0. The topological polar surface area (TPSA) is 37.3 Å². The Morgan fingerprint density at radius 1 is 0.903 bits per heavy atom. The van der Waals surface area contributed by atoms with E-state index in [1.54, 1.807) is 0 Å². The van der Waals surface area contributed by atoms with Gasteiger partial charge in [0.2, 0.25) is 0 Å². The van der Waals surface area contributed by atoms with Crippen LogP contribution in [0.2, 0.25) is 0 Å². The van der Waals surface area contributed by atoms with Gasteiger partial charge in [0.15, 0.2) is 0 Å². The number of amides is 2. The molecular formula is C27H25N3O. The highest BCUT2D eigenvalue weighted by Gasteiger charge is 2.32. The number of hydrogen-bond donors (Lipinski definition) is 1. The molecule has 0 bridgehead atoms. The highest BCUT2D eigenvalue weighted by molar-refractivity contribution is 5.90. The van der Waals surface area contributed by atoms with Crippen LogP contribution in [0.5, 0.6) is 0 Å². The summed E-state index contributed by atoms with van der Waals surface area (Å²) in [5, 5.41) is 3.09. The van der Waals surface area contributed by atoms with Gasteiger partial charge in [0.25, 0.3) is 0 Å². The Bertz CT molecular complexity index is 1190. The molecule has 1 aromatic heterocycles. The number of nitrogens with one attached hydrogen (secondary N) is 1. The molecule has 2 heterocycles. The van der Waals surface area contributed by atoms with E-state index < -0.39 is 0 Å². The molecule has 2 amide bonds. The van der Waals surface area contributed by atoms with E-state index in [2.05, 4.69) is 71.5 Å². The van der Waals surface area contributed by atoms with E-state index in [1.807, 2.05) is 47.4 Å². The van der Waals surface area contributed by atoms with Gasteiger partial charge in [0.05, 0.1) is 18.3 Å². The van der Waals surface area contributed by atoms with E-state index in [9.17, 15) is 4.79 Å². The summed E-state index contributed by atoms with van der Waals surface area (Å²) in [6.45, 7) is 2.68. The molecule has 0 unspecified atom stereocenters. The summed E-state index contributed by atoms with van der Waals surface area (Å²) in [5.41, 5.74) is 6.51. The molecule has 4 nitrogen and oxygen atoms in total. The van der Waals surface area contributed by atoms with Crippen molar-refractivity contribution in [3.05, 3.63) is 120 Å². The molecule has 1 N–H and O–H groups in total. The van der Waals surface area contributed by atoms with Gasteiger partial charge < -0.3 is 14.8 Å². The fourth-order valence-corrected chi connectivity index (χ4v) is 4.34. The summed E-state index contributed by atoms with van der Waals surface area (Å²) in [6.07, 6.45) is 3.07. The molecule has 1 aliphatic heterocycles. The van der Waals surface area contributed by atoms with Crippen molar-refractivity contribution in [1.82, 2.24) is 9.47 Å². The highest BCUT2D eigenvalue weighted by Crippen LogP contribution is 2.37. The zero-order chi connectivity index (χ0) is 21.2. The Hall–Kier alpha value is -3.79. The van der Waals surface area contributed by atoms with Gasteiger partial charge in [-0.05, 0) is 53.4 Å². The van der Waals surface area contributed by atoms with Gasteiger partial charge in [-0.1, -0.05) is 67.6 Å². The number of carbonyl (C=O) groups is 1. The molecule has 3 aromatic carbocycles. The minimum atomic E-state index is -0.197. The number of nitrogens with zero attached hydrogens (tertiary/aromatic N) is 2. The van der Waals surface area contributed by atoms with Gasteiger partial charge in [0.1, 0.15) is 0 Å². The molecule has 0 saturated heterocycles. The lowest BCUT2D eigenvalue weighted by molar-refractivity contribution is 0.194. The minimum absolute atomic E-state index is 0.111. The van der Waals surface area contributed by atoms with Crippen molar-refractivity contribution in [3.8, 4) is 5.69 Å². The number of rotatable bonds is 3. The monoisotopic (exact) mass is 407 g/mol. The fourth-order valence-electron chi connectivity index (χ4n) is 4.34. The van der Waals surface area contributed by atoms with E-state index in [0.717, 1.165) is 34.6 Å². The third-order valence-electron chi connectivity index (χ3n) is 5.95. The maximum absolute atomic E-state index is 13.6. The van der Waals surface area contributed by atoms with Gasteiger partial charge in [-0.2, -0.15) is 0 Å². The molecule has 1 aliphatic rings. The van der Waals surface area contributed by atoms with Crippen LogP contribution in [-0.4, -0.2) is 15.5 Å². The van der Waals surface area contributed by atoms with Gasteiger partial charge >= 0.3 is 6.03 Å². The average molecular weight is 408 g/mol. The molecule has 0 aliphatic carbocycles. The molecule has 4 aromatic rings. The Kier molecular flexibility index (Phi) is 5.04. The van der Waals surface area contributed by atoms with Crippen LogP contribution >= 0.6 is 0 Å². The van der Waals surface area contributed by atoms with Crippen LogP contribution < -0.4 is 5.32 Å². The van der Waals surface area contributed by atoms with Crippen LogP contribution in [0.25, 0.3) is 5.69 Å². The van der Waals surface area contributed by atoms with Crippen LogP contribution in [0.4, 0.5) is 10.5 Å². The first-order valence-corrected chi connectivity index (χ1v) is 10.7. The van der Waals surface area contributed by atoms with Crippen LogP contribution in [0.1, 0.15) is 35.3 Å². The predicted molar refractivity (Wildman–Crippen MR) is 124 cm³/mol. The number of anilines is 1. The van der Waals surface area contributed by atoms with Gasteiger partial charge in [-0.3, -0.25) is 0 Å². The highest BCUT2D eigenvalue weighted by atomic mass is 16.2. The minimum Gasteiger partial charge on any atom is -0.318 e. The van der Waals surface area contributed by atoms with E-state index in [-0.39, 0.29) is 12.1 Å². The van der Waals surface area contributed by atoms with Crippen LogP contribution in [0.3, 0.4) is 0 Å². The summed E-state index contributed by atoms with van der Waals surface area (Å²) in [4.78, 5) is 15.5. The molecule has 0 spiro atoms. The largest absolute Gasteiger partial charge is 0.322 e. The maximum atomic E-state index is 13.6. The number of aromatic nitrogens is 1. The van der Waals surface area contributed by atoms with E-state index >= 15 is 0 Å². The lowest BCUT2D eigenvalue weighted by atomic mass is 10.00. The molecule has 4 heteroatoms. The normalized spacial score (nSPS) is 15.0. The Labute approximate surface area is 182 Å². The maximum Gasteiger partial charge on any atom is 0.322 e. The van der Waals surface area contributed by atoms with Crippen molar-refractivity contribution in [3.63, 3.8) is 0 Å². The van der Waals surface area contributed by atoms with Crippen LogP contribution in [-0.2, 0) is 13.0 Å². The van der Waals surface area contributed by atoms with Crippen LogP contribution in [0.15, 0.2) is 97.2 Å². The average Bonchev–Trinajstić information content (AvgIpc) is 3.24. The number of aryl methyl sites for hydroxylation is 1. The number of carbonyl (C=O) groups excluding carboxylic acids is 1. The van der Waals surface area contributed by atoms with Crippen LogP contribution in [0, 0.1) is 0 Å². The quantitative estimate of drug-likeness (QED) is 0.433. The molecule has 0 fully saturated rings. The lowest BCUT2D eigenvalue weighted by Gasteiger charge is -2.31. The second-order valence-corrected chi connectivity index (χ2v) is 7.85. The van der Waals surface area contributed by atoms with Gasteiger partial charge in [0, 0.05) is 17.6 Å². The Morgan fingerprint density at radius 3 is 2.42 bits per heavy atom. The molecule has 1 atom stereocenters. The first-order chi connectivity index (χ1) is 15.2. The van der Waals surface area contributed by atoms with Crippen molar-refractivity contribution in [2.45, 2.75) is 25.9 Å². The summed E-state index contributed by atoms with van der Waals surface area (Å²) in [7, 11) is 0. The Morgan fingerprint density at radius 2 is 1.65 bits per heavy atom. The van der Waals surface area contributed by atoms with E-state index in [4.69, 9.17) is 0 Å². The standard InChI is InChI=1S/C27H25N3O/c1-2-20-14-16-21(17-15-20)26-25-13-8-18-29(25)24-12-7-6-9-22(24)19-30(26)27(31)28-23-10-4-3-5-11-23/h3-18,26H,2,19H2,1H3,(H,28,31)/t26-/m0/s1. The lowest BCUT2D eigenvalue weighted by Crippen LogP contribution is -2.37. The predicted octanol–water partition coefficient (Wildman–Crippen LogP) is 6.18. The second kappa shape index (κ2) is 8.15. The summed E-state index contributed by atoms with van der Waals surface area (Å²) < 4.78 is 2.21. The van der Waals surface area contributed by atoms with Gasteiger partial charge in [-0.15, -0.1) is 0 Å². The molecule has 0 radical (unpaired) electrons. The third kappa shape index (κ3) is 3.61. The zero-order valence-electron chi connectivity index (χ0n) is 17.5. The fraction of sp³-hybridized carbons (Fsp3) is 0.148. The number of fused-ring (bicyclic) bond motifs is 3. The molecular weight excluding hydrogens is 382 g/mol. The molecule has 5 rings (SSSR count). The van der Waals surface area contributed by atoms with E-state index in [1.165, 1.54) is 5.56 Å². The van der Waals surface area contributed by atoms with Crippen molar-refractivity contribution in [2.75, 3.05) is 5.32 Å². The third-order valence-corrected chi connectivity index (χ3v) is 5.95. The summed E-state index contributed by atoms with van der Waals surface area (Å²) in [5.74, 6) is 0. The number of urea groups is 1. The zero-order valence-corrected chi connectivity index (χ0v) is 17.5. The first-order valence-electron chi connectivity index (χ1n) is 10.7. The summed E-state index contributed by atoms with van der Waals surface area (Å²) in [6, 6.07) is 30.4. The molecule has 154 valence electrons. The second-order valence-electron chi connectivity index (χ2n) is 7.85. The smallest absolute Gasteiger partial charge is 0.318 e. The van der Waals surface area contributed by atoms with E-state index in [0.29, 0.717) is 6.54 Å². The molecule has 0 saturated carbocycles. The first kappa shape index (κ1) is 19.2. The van der Waals surface area contributed by atoms with Crippen molar-refractivity contribution < 1.29 is 4.79 Å².